The summed E-state index contributed by atoms with van der Waals surface area (Å²) in [5.41, 5.74) is 2.06. The molecule has 4 rings (SSSR count). The molecule has 22 heavy (non-hydrogen) atoms. The zero-order chi connectivity index (χ0) is 15.1. The molecule has 112 valence electrons. The third-order valence-electron chi connectivity index (χ3n) is 4.00. The second kappa shape index (κ2) is 5.25. The Morgan fingerprint density at radius 1 is 1.14 bits per heavy atom. The molecular formula is C17H15NO3S. The molecule has 2 aliphatic rings. The Labute approximate surface area is 133 Å². The first-order valence-electron chi connectivity index (χ1n) is 7.14. The first-order valence-corrected chi connectivity index (χ1v) is 8.02. The van der Waals surface area contributed by atoms with Gasteiger partial charge in [-0.15, -0.1) is 11.8 Å². The lowest BCUT2D eigenvalue weighted by atomic mass is 10.1. The number of rotatable bonds is 1. The molecular weight excluding hydrogens is 298 g/mol. The lowest BCUT2D eigenvalue weighted by molar-refractivity contribution is -0.118. The van der Waals surface area contributed by atoms with Crippen LogP contribution in [0.2, 0.25) is 0 Å². The molecule has 0 saturated carbocycles. The van der Waals surface area contributed by atoms with Crippen molar-refractivity contribution in [2.24, 2.45) is 0 Å². The van der Waals surface area contributed by atoms with E-state index in [1.165, 1.54) is 0 Å². The van der Waals surface area contributed by atoms with E-state index in [4.69, 9.17) is 9.47 Å². The summed E-state index contributed by atoms with van der Waals surface area (Å²) >= 11 is 1.73. The highest BCUT2D eigenvalue weighted by atomic mass is 32.2. The van der Waals surface area contributed by atoms with Crippen LogP contribution in [0.1, 0.15) is 17.2 Å². The largest absolute Gasteiger partial charge is 0.454 e. The van der Waals surface area contributed by atoms with Crippen LogP contribution in [0.4, 0.5) is 5.69 Å². The number of para-hydroxylation sites is 1. The Bertz CT molecular complexity index is 746. The molecule has 2 aromatic rings. The van der Waals surface area contributed by atoms with E-state index in [0.717, 1.165) is 27.6 Å². The van der Waals surface area contributed by atoms with Gasteiger partial charge in [0.05, 0.1) is 5.69 Å². The zero-order valence-electron chi connectivity index (χ0n) is 12.1. The number of benzene rings is 2. The molecule has 0 spiro atoms. The summed E-state index contributed by atoms with van der Waals surface area (Å²) in [6.45, 7) is 0.265. The SMILES string of the molecule is CN1C(=O)CC(c2ccc3c(c2)OCO3)Sc2ccccc21. The van der Waals surface area contributed by atoms with Gasteiger partial charge in [0.1, 0.15) is 0 Å². The van der Waals surface area contributed by atoms with Crippen molar-refractivity contribution < 1.29 is 14.3 Å². The topological polar surface area (TPSA) is 38.8 Å². The van der Waals surface area contributed by atoms with Crippen LogP contribution >= 0.6 is 11.8 Å². The van der Waals surface area contributed by atoms with Crippen LogP contribution < -0.4 is 14.4 Å². The van der Waals surface area contributed by atoms with E-state index in [1.54, 1.807) is 16.7 Å². The minimum Gasteiger partial charge on any atom is -0.454 e. The smallest absolute Gasteiger partial charge is 0.231 e. The maximum Gasteiger partial charge on any atom is 0.231 e. The molecule has 5 heteroatoms. The minimum absolute atomic E-state index is 0.0769. The highest BCUT2D eigenvalue weighted by Gasteiger charge is 2.28. The van der Waals surface area contributed by atoms with Gasteiger partial charge in [0.2, 0.25) is 12.7 Å². The maximum absolute atomic E-state index is 12.5. The molecule has 2 aliphatic heterocycles. The monoisotopic (exact) mass is 313 g/mol. The summed E-state index contributed by atoms with van der Waals surface area (Å²) in [4.78, 5) is 15.3. The van der Waals surface area contributed by atoms with Crippen molar-refractivity contribution in [3.63, 3.8) is 0 Å². The van der Waals surface area contributed by atoms with E-state index >= 15 is 0 Å². The van der Waals surface area contributed by atoms with Crippen molar-refractivity contribution in [2.45, 2.75) is 16.6 Å². The van der Waals surface area contributed by atoms with Gasteiger partial charge in [0, 0.05) is 23.6 Å². The fourth-order valence-electron chi connectivity index (χ4n) is 2.76. The number of anilines is 1. The highest BCUT2D eigenvalue weighted by Crippen LogP contribution is 2.46. The van der Waals surface area contributed by atoms with Crippen LogP contribution in [0, 0.1) is 0 Å². The predicted molar refractivity (Wildman–Crippen MR) is 85.6 cm³/mol. The van der Waals surface area contributed by atoms with E-state index in [-0.39, 0.29) is 18.0 Å². The van der Waals surface area contributed by atoms with Gasteiger partial charge in [-0.1, -0.05) is 18.2 Å². The molecule has 0 aliphatic carbocycles. The summed E-state index contributed by atoms with van der Waals surface area (Å²) in [5, 5.41) is 0.0769. The Balaban J connectivity index is 1.72. The molecule has 0 aromatic heterocycles. The van der Waals surface area contributed by atoms with Crippen molar-refractivity contribution in [1.82, 2.24) is 0 Å². The van der Waals surface area contributed by atoms with Gasteiger partial charge in [-0.05, 0) is 29.8 Å². The van der Waals surface area contributed by atoms with Gasteiger partial charge in [-0.2, -0.15) is 0 Å². The fraction of sp³-hybridized carbons (Fsp3) is 0.235. The Morgan fingerprint density at radius 2 is 1.95 bits per heavy atom. The predicted octanol–water partition coefficient (Wildman–Crippen LogP) is 3.62. The van der Waals surface area contributed by atoms with E-state index in [2.05, 4.69) is 6.07 Å². The second-order valence-corrected chi connectivity index (χ2v) is 6.59. The van der Waals surface area contributed by atoms with Crippen molar-refractivity contribution in [3.05, 3.63) is 48.0 Å². The van der Waals surface area contributed by atoms with E-state index < -0.39 is 0 Å². The number of carbonyl (C=O) groups excluding carboxylic acids is 1. The molecule has 0 saturated heterocycles. The van der Waals surface area contributed by atoms with Gasteiger partial charge in [0.25, 0.3) is 0 Å². The first-order chi connectivity index (χ1) is 10.7. The molecule has 0 bridgehead atoms. The number of fused-ring (bicyclic) bond motifs is 2. The first kappa shape index (κ1) is 13.5. The number of hydrogen-bond donors (Lipinski definition) is 0. The van der Waals surface area contributed by atoms with E-state index in [0.29, 0.717) is 6.42 Å². The molecule has 0 fully saturated rings. The van der Waals surface area contributed by atoms with Crippen LogP contribution in [0.3, 0.4) is 0 Å². The molecule has 1 atom stereocenters. The normalized spacial score (nSPS) is 19.8. The highest BCUT2D eigenvalue weighted by molar-refractivity contribution is 7.99. The van der Waals surface area contributed by atoms with Crippen molar-refractivity contribution in [3.8, 4) is 11.5 Å². The Hall–Kier alpha value is -2.14. The molecule has 0 N–H and O–H groups in total. The zero-order valence-corrected chi connectivity index (χ0v) is 12.9. The average Bonchev–Trinajstić information content (AvgIpc) is 2.96. The number of ether oxygens (including phenoxy) is 2. The molecule has 1 unspecified atom stereocenters. The lowest BCUT2D eigenvalue weighted by Gasteiger charge is -2.16. The molecule has 2 aromatic carbocycles. The van der Waals surface area contributed by atoms with Crippen LogP contribution in [0.5, 0.6) is 11.5 Å². The van der Waals surface area contributed by atoms with Crippen molar-refractivity contribution in [2.75, 3.05) is 18.7 Å². The van der Waals surface area contributed by atoms with Crippen LogP contribution in [0.25, 0.3) is 0 Å². The summed E-state index contributed by atoms with van der Waals surface area (Å²) in [5.74, 6) is 1.66. The molecule has 4 nitrogen and oxygen atoms in total. The third-order valence-corrected chi connectivity index (χ3v) is 5.32. The number of carbonyl (C=O) groups is 1. The standard InChI is InChI=1S/C17H15NO3S/c1-18-12-4-2-3-5-15(12)22-16(9-17(18)19)11-6-7-13-14(8-11)21-10-20-13/h2-8,16H,9-10H2,1H3. The number of thioether (sulfide) groups is 1. The van der Waals surface area contributed by atoms with E-state index in [1.807, 2.05) is 43.4 Å². The van der Waals surface area contributed by atoms with Gasteiger partial charge in [-0.25, -0.2) is 0 Å². The van der Waals surface area contributed by atoms with Crippen molar-refractivity contribution >= 4 is 23.4 Å². The van der Waals surface area contributed by atoms with Gasteiger partial charge in [0.15, 0.2) is 11.5 Å². The fourth-order valence-corrected chi connectivity index (χ4v) is 4.06. The Kier molecular flexibility index (Phi) is 3.22. The lowest BCUT2D eigenvalue weighted by Crippen LogP contribution is -2.25. The third kappa shape index (κ3) is 2.22. The molecule has 2 heterocycles. The number of amides is 1. The quantitative estimate of drug-likeness (QED) is 0.806. The van der Waals surface area contributed by atoms with Gasteiger partial charge < -0.3 is 14.4 Å². The number of nitrogens with zero attached hydrogens (tertiary/aromatic N) is 1. The average molecular weight is 313 g/mol. The summed E-state index contributed by atoms with van der Waals surface area (Å²) < 4.78 is 10.8. The van der Waals surface area contributed by atoms with E-state index in [9.17, 15) is 4.79 Å². The minimum atomic E-state index is 0.0769. The number of hydrogen-bond acceptors (Lipinski definition) is 4. The van der Waals surface area contributed by atoms with Crippen LogP contribution in [-0.2, 0) is 4.79 Å². The molecule has 1 amide bonds. The maximum atomic E-state index is 12.5. The van der Waals surface area contributed by atoms with Crippen molar-refractivity contribution in [1.29, 1.82) is 0 Å². The summed E-state index contributed by atoms with van der Waals surface area (Å²) in [6, 6.07) is 13.9. The Morgan fingerprint density at radius 3 is 2.86 bits per heavy atom. The molecule has 0 radical (unpaired) electrons. The van der Waals surface area contributed by atoms with Crippen LogP contribution in [0.15, 0.2) is 47.4 Å². The van der Waals surface area contributed by atoms with Crippen LogP contribution in [-0.4, -0.2) is 19.7 Å². The van der Waals surface area contributed by atoms with Gasteiger partial charge >= 0.3 is 0 Å². The van der Waals surface area contributed by atoms with Gasteiger partial charge in [-0.3, -0.25) is 4.79 Å². The summed E-state index contributed by atoms with van der Waals surface area (Å²) in [7, 11) is 1.84. The summed E-state index contributed by atoms with van der Waals surface area (Å²) in [6.07, 6.45) is 0.468. The second-order valence-electron chi connectivity index (χ2n) is 5.34.